The second kappa shape index (κ2) is 6.54. The van der Waals surface area contributed by atoms with Crippen molar-refractivity contribution in [2.45, 2.75) is 70.1 Å². The molecule has 5 nitrogen and oxygen atoms in total. The number of benzene rings is 1. The van der Waals surface area contributed by atoms with Gasteiger partial charge in [0.05, 0.1) is 29.0 Å². The molecule has 5 aliphatic rings. The van der Waals surface area contributed by atoms with Gasteiger partial charge in [-0.15, -0.1) is 0 Å². The van der Waals surface area contributed by atoms with Gasteiger partial charge in [-0.05, 0) is 70.3 Å². The number of carbonyl (C=O) groups is 1. The van der Waals surface area contributed by atoms with Crippen molar-refractivity contribution in [1.82, 2.24) is 9.55 Å². The molecule has 7 heteroatoms. The number of Topliss-reactive ketones (excluding diaryl/α,β-unsaturated/α-hetero) is 1. The van der Waals surface area contributed by atoms with Crippen molar-refractivity contribution < 1.29 is 13.4 Å². The molecule has 4 fully saturated rings. The maximum Gasteiger partial charge on any atom is 0.144 e. The van der Waals surface area contributed by atoms with E-state index in [1.54, 1.807) is 18.6 Å². The lowest BCUT2D eigenvalue weighted by molar-refractivity contribution is -0.131. The lowest BCUT2D eigenvalue weighted by Crippen LogP contribution is -2.52. The number of carbonyl (C=O) groups excluding carboxylic acids is 1. The SMILES string of the molecule is CC(C)(C)S(=O)/N=C1\C2CC3CC4(C(=O)CC5c6c(F)cccc6-c6cncn65)CC1C2(C3)C4. The predicted molar refractivity (Wildman–Crippen MR) is 129 cm³/mol. The molecule has 7 unspecified atom stereocenters. The van der Waals surface area contributed by atoms with Crippen LogP contribution < -0.4 is 0 Å². The summed E-state index contributed by atoms with van der Waals surface area (Å²) in [5, 5.41) is 0. The molecule has 3 bridgehead atoms. The van der Waals surface area contributed by atoms with Crippen molar-refractivity contribution in [2.24, 2.45) is 33.0 Å². The van der Waals surface area contributed by atoms with Gasteiger partial charge in [0.1, 0.15) is 22.6 Å². The molecule has 7 atom stereocenters. The molecule has 0 saturated heterocycles. The lowest BCUT2D eigenvalue weighted by atomic mass is 9.54. The summed E-state index contributed by atoms with van der Waals surface area (Å²) in [6.45, 7) is 5.90. The van der Waals surface area contributed by atoms with E-state index in [4.69, 9.17) is 4.40 Å². The highest BCUT2D eigenvalue weighted by molar-refractivity contribution is 7.85. The summed E-state index contributed by atoms with van der Waals surface area (Å²) in [6.07, 6.45) is 8.77. The molecule has 178 valence electrons. The molecule has 2 heterocycles. The van der Waals surface area contributed by atoms with Crippen molar-refractivity contribution in [3.63, 3.8) is 0 Å². The second-order valence-electron chi connectivity index (χ2n) is 12.4. The Hall–Kier alpha value is -2.15. The van der Waals surface area contributed by atoms with Gasteiger partial charge in [-0.2, -0.15) is 4.40 Å². The standard InChI is InChI=1S/C27H30FN3O2S/c1-25(2,3)34(33)30-24-17-7-15-9-26(11-18(24)27(17,10-15)13-26)22(32)8-20-23-16(5-4-6-19(23)28)21-12-29-14-31(20)21/h4-6,12,14-15,17-18,20H,7-11,13H2,1-3H3/b30-24+. The maximum absolute atomic E-state index is 14.9. The van der Waals surface area contributed by atoms with Crippen LogP contribution in [-0.2, 0) is 15.8 Å². The van der Waals surface area contributed by atoms with Crippen molar-refractivity contribution in [3.05, 3.63) is 42.1 Å². The number of nitrogens with zero attached hydrogens (tertiary/aromatic N) is 3. The van der Waals surface area contributed by atoms with E-state index in [9.17, 15) is 13.4 Å². The van der Waals surface area contributed by atoms with Crippen molar-refractivity contribution in [2.75, 3.05) is 0 Å². The Labute approximate surface area is 201 Å². The van der Waals surface area contributed by atoms with Gasteiger partial charge in [-0.1, -0.05) is 12.1 Å². The molecule has 7 rings (SSSR count). The van der Waals surface area contributed by atoms with Crippen LogP contribution in [0.15, 0.2) is 35.1 Å². The molecule has 0 radical (unpaired) electrons. The summed E-state index contributed by atoms with van der Waals surface area (Å²) in [4.78, 5) is 18.4. The number of halogens is 1. The van der Waals surface area contributed by atoms with Gasteiger partial charge in [0, 0.05) is 40.5 Å². The molecule has 4 aliphatic carbocycles. The van der Waals surface area contributed by atoms with Crippen LogP contribution in [0.4, 0.5) is 4.39 Å². The third-order valence-corrected chi connectivity index (χ3v) is 11.1. The Kier molecular flexibility index (Phi) is 4.07. The first-order valence-corrected chi connectivity index (χ1v) is 13.6. The fourth-order valence-electron chi connectivity index (χ4n) is 8.43. The number of hydrogen-bond donors (Lipinski definition) is 0. The van der Waals surface area contributed by atoms with Crippen molar-refractivity contribution >= 4 is 22.5 Å². The van der Waals surface area contributed by atoms with E-state index in [0.29, 0.717) is 23.8 Å². The zero-order valence-electron chi connectivity index (χ0n) is 19.9. The highest BCUT2D eigenvalue weighted by atomic mass is 32.2. The zero-order valence-corrected chi connectivity index (χ0v) is 20.7. The Morgan fingerprint density at radius 3 is 2.88 bits per heavy atom. The minimum absolute atomic E-state index is 0.179. The number of ketones is 1. The van der Waals surface area contributed by atoms with Crippen LogP contribution in [0.2, 0.25) is 0 Å². The summed E-state index contributed by atoms with van der Waals surface area (Å²) in [5.74, 6) is 1.25. The van der Waals surface area contributed by atoms with E-state index in [-0.39, 0.29) is 39.1 Å². The van der Waals surface area contributed by atoms with E-state index in [1.807, 2.05) is 31.4 Å². The van der Waals surface area contributed by atoms with Gasteiger partial charge in [-0.25, -0.2) is 13.6 Å². The summed E-state index contributed by atoms with van der Waals surface area (Å²) in [6, 6.07) is 4.81. The molecule has 34 heavy (non-hydrogen) atoms. The highest BCUT2D eigenvalue weighted by Crippen LogP contribution is 2.78. The van der Waals surface area contributed by atoms with Gasteiger partial charge >= 0.3 is 0 Å². The minimum atomic E-state index is -1.26. The number of imidazole rings is 1. The fourth-order valence-corrected chi connectivity index (χ4v) is 9.15. The van der Waals surface area contributed by atoms with Crippen LogP contribution >= 0.6 is 0 Å². The Bertz CT molecular complexity index is 1310. The predicted octanol–water partition coefficient (Wildman–Crippen LogP) is 5.28. The first kappa shape index (κ1) is 21.2. The van der Waals surface area contributed by atoms with E-state index in [2.05, 4.69) is 4.98 Å². The molecule has 1 aliphatic heterocycles. The van der Waals surface area contributed by atoms with Crippen LogP contribution in [0.3, 0.4) is 0 Å². The third-order valence-electron chi connectivity index (χ3n) is 9.63. The summed E-state index contributed by atoms with van der Waals surface area (Å²) >= 11 is 0. The molecule has 1 spiro atoms. The Morgan fingerprint density at radius 1 is 1.26 bits per heavy atom. The number of hydrogen-bond acceptors (Lipinski definition) is 3. The van der Waals surface area contributed by atoms with Gasteiger partial charge in [0.15, 0.2) is 0 Å². The van der Waals surface area contributed by atoms with Crippen LogP contribution in [0.25, 0.3) is 11.3 Å². The van der Waals surface area contributed by atoms with E-state index < -0.39 is 11.0 Å². The van der Waals surface area contributed by atoms with E-state index in [0.717, 1.165) is 42.7 Å². The van der Waals surface area contributed by atoms with E-state index in [1.165, 1.54) is 12.5 Å². The normalized spacial score (nSPS) is 38.5. The van der Waals surface area contributed by atoms with Gasteiger partial charge < -0.3 is 4.57 Å². The molecule has 2 aromatic rings. The molecular weight excluding hydrogens is 449 g/mol. The van der Waals surface area contributed by atoms with Crippen LogP contribution in [0.5, 0.6) is 0 Å². The van der Waals surface area contributed by atoms with Gasteiger partial charge in [0.2, 0.25) is 0 Å². The fraction of sp³-hybridized carbons (Fsp3) is 0.593. The summed E-state index contributed by atoms with van der Waals surface area (Å²) in [7, 11) is -1.26. The number of aromatic nitrogens is 2. The van der Waals surface area contributed by atoms with Crippen LogP contribution in [-0.4, -0.2) is 30.0 Å². The second-order valence-corrected chi connectivity index (χ2v) is 14.3. The maximum atomic E-state index is 14.9. The molecule has 4 saturated carbocycles. The minimum Gasteiger partial charge on any atom is -0.322 e. The van der Waals surface area contributed by atoms with Crippen LogP contribution in [0, 0.1) is 34.4 Å². The first-order valence-electron chi connectivity index (χ1n) is 12.5. The summed E-state index contributed by atoms with van der Waals surface area (Å²) < 4.78 is 34.1. The molecule has 1 aromatic heterocycles. The smallest absolute Gasteiger partial charge is 0.144 e. The average molecular weight is 480 g/mol. The van der Waals surface area contributed by atoms with Gasteiger partial charge in [0.25, 0.3) is 0 Å². The third kappa shape index (κ3) is 2.54. The van der Waals surface area contributed by atoms with Crippen molar-refractivity contribution in [1.29, 1.82) is 0 Å². The molecule has 0 N–H and O–H groups in total. The number of fused-ring (bicyclic) bond motifs is 5. The molecule has 1 aromatic carbocycles. The Balaban J connectivity index is 1.22. The van der Waals surface area contributed by atoms with Crippen LogP contribution in [0.1, 0.15) is 70.9 Å². The molecular formula is C27H30FN3O2S. The van der Waals surface area contributed by atoms with E-state index >= 15 is 0 Å². The largest absolute Gasteiger partial charge is 0.322 e. The lowest BCUT2D eigenvalue weighted by Gasteiger charge is -2.50. The average Bonchev–Trinajstić information content (AvgIpc) is 3.47. The monoisotopic (exact) mass is 479 g/mol. The topological polar surface area (TPSA) is 64.3 Å². The number of rotatable bonds is 4. The van der Waals surface area contributed by atoms with Crippen molar-refractivity contribution in [3.8, 4) is 11.3 Å². The van der Waals surface area contributed by atoms with Gasteiger partial charge in [-0.3, -0.25) is 4.79 Å². The molecule has 0 amide bonds. The first-order chi connectivity index (χ1) is 16.1. The summed E-state index contributed by atoms with van der Waals surface area (Å²) in [5.41, 5.74) is 3.32. The Morgan fingerprint density at radius 2 is 2.09 bits per heavy atom. The zero-order chi connectivity index (χ0) is 23.6. The quantitative estimate of drug-likeness (QED) is 0.599. The highest BCUT2D eigenvalue weighted by Gasteiger charge is 2.75.